The summed E-state index contributed by atoms with van der Waals surface area (Å²) in [6, 6.07) is 9.13. The molecule has 1 unspecified atom stereocenters. The molecule has 68 valence electrons. The molecule has 0 saturated heterocycles. The van der Waals surface area contributed by atoms with Crippen molar-refractivity contribution in [2.24, 2.45) is 0 Å². The van der Waals surface area contributed by atoms with Gasteiger partial charge in [-0.1, -0.05) is 46.3 Å². The van der Waals surface area contributed by atoms with E-state index in [4.69, 9.17) is 0 Å². The molecular weight excluding hydrogens is 232 g/mol. The Morgan fingerprint density at radius 2 is 1.77 bits per heavy atom. The van der Waals surface area contributed by atoms with Gasteiger partial charge in [0.05, 0.1) is 0 Å². The van der Waals surface area contributed by atoms with Gasteiger partial charge in [-0.2, -0.15) is 0 Å². The van der Waals surface area contributed by atoms with E-state index in [0.29, 0.717) is 0 Å². The maximum atomic E-state index is 11.2. The summed E-state index contributed by atoms with van der Waals surface area (Å²) in [5, 5.41) is 0. The molecule has 0 aliphatic heterocycles. The van der Waals surface area contributed by atoms with Crippen molar-refractivity contribution >= 4 is 27.5 Å². The van der Waals surface area contributed by atoms with Gasteiger partial charge in [-0.25, -0.2) is 0 Å². The number of carbonyl (C=O) groups excluding carboxylic acids is 2. The van der Waals surface area contributed by atoms with Crippen LogP contribution in [0.25, 0.3) is 0 Å². The van der Waals surface area contributed by atoms with Crippen LogP contribution in [0.2, 0.25) is 0 Å². The lowest BCUT2D eigenvalue weighted by Gasteiger charge is -2.05. The van der Waals surface area contributed by atoms with Crippen molar-refractivity contribution in [1.82, 2.24) is 0 Å². The van der Waals surface area contributed by atoms with Gasteiger partial charge in [0.2, 0.25) is 5.78 Å². The van der Waals surface area contributed by atoms with Gasteiger partial charge in [-0.05, 0) is 5.56 Å². The van der Waals surface area contributed by atoms with Crippen molar-refractivity contribution < 1.29 is 9.59 Å². The topological polar surface area (TPSA) is 34.1 Å². The number of halogens is 1. The molecule has 0 heterocycles. The van der Waals surface area contributed by atoms with Gasteiger partial charge in [0.15, 0.2) is 5.78 Å². The summed E-state index contributed by atoms with van der Waals surface area (Å²) in [6.07, 6.45) is 0. The van der Waals surface area contributed by atoms with Gasteiger partial charge in [0.25, 0.3) is 0 Å². The first-order valence-corrected chi connectivity index (χ1v) is 4.78. The van der Waals surface area contributed by atoms with E-state index in [1.807, 2.05) is 18.2 Å². The quantitative estimate of drug-likeness (QED) is 0.601. The molecule has 0 spiro atoms. The molecule has 1 atom stereocenters. The third-order valence-corrected chi connectivity index (χ3v) is 2.61. The number of rotatable bonds is 3. The monoisotopic (exact) mass is 240 g/mol. The van der Waals surface area contributed by atoms with E-state index in [9.17, 15) is 9.59 Å². The summed E-state index contributed by atoms with van der Waals surface area (Å²) in [5.41, 5.74) is 0.808. The summed E-state index contributed by atoms with van der Waals surface area (Å²) in [5.74, 6) is -0.836. The highest BCUT2D eigenvalue weighted by Gasteiger charge is 2.20. The van der Waals surface area contributed by atoms with Crippen LogP contribution >= 0.6 is 15.9 Å². The number of carbonyl (C=O) groups is 2. The number of hydrogen-bond acceptors (Lipinski definition) is 2. The smallest absolute Gasteiger partial charge is 0.216 e. The van der Waals surface area contributed by atoms with Crippen molar-refractivity contribution in [2.75, 3.05) is 0 Å². The molecule has 0 fully saturated rings. The third-order valence-electron chi connectivity index (χ3n) is 1.67. The number of ketones is 2. The summed E-state index contributed by atoms with van der Waals surface area (Å²) in [4.78, 5) is 21.5. The van der Waals surface area contributed by atoms with Crippen molar-refractivity contribution in [2.45, 2.75) is 11.8 Å². The predicted molar refractivity (Wildman–Crippen MR) is 53.8 cm³/mol. The van der Waals surface area contributed by atoms with Crippen molar-refractivity contribution in [3.63, 3.8) is 0 Å². The Morgan fingerprint density at radius 1 is 1.23 bits per heavy atom. The first kappa shape index (κ1) is 10.1. The molecule has 0 saturated carbocycles. The molecule has 0 bridgehead atoms. The average Bonchev–Trinajstić information content (AvgIpc) is 2.17. The molecule has 0 radical (unpaired) electrons. The van der Waals surface area contributed by atoms with Crippen LogP contribution in [0.3, 0.4) is 0 Å². The summed E-state index contributed by atoms with van der Waals surface area (Å²) in [6.45, 7) is 1.28. The first-order chi connectivity index (χ1) is 6.13. The number of benzene rings is 1. The second kappa shape index (κ2) is 4.33. The largest absolute Gasteiger partial charge is 0.291 e. The fourth-order valence-corrected chi connectivity index (χ4v) is 1.58. The number of alkyl halides is 1. The lowest BCUT2D eigenvalue weighted by molar-refractivity contribution is -0.135. The number of Topliss-reactive ketones (excluding diaryl/α,β-unsaturated/α-hetero) is 2. The van der Waals surface area contributed by atoms with Crippen molar-refractivity contribution in [3.05, 3.63) is 35.9 Å². The molecule has 2 nitrogen and oxygen atoms in total. The lowest BCUT2D eigenvalue weighted by atomic mass is 10.1. The summed E-state index contributed by atoms with van der Waals surface area (Å²) < 4.78 is 0. The van der Waals surface area contributed by atoms with Crippen LogP contribution in [0, 0.1) is 0 Å². The van der Waals surface area contributed by atoms with E-state index in [1.165, 1.54) is 6.92 Å². The highest BCUT2D eigenvalue weighted by atomic mass is 79.9. The normalized spacial score (nSPS) is 12.2. The SMILES string of the molecule is CC(=O)C(=O)C(Br)c1ccccc1. The first-order valence-electron chi connectivity index (χ1n) is 3.86. The number of hydrogen-bond donors (Lipinski definition) is 0. The molecule has 0 aliphatic carbocycles. The molecule has 1 aromatic rings. The average molecular weight is 241 g/mol. The van der Waals surface area contributed by atoms with E-state index in [-0.39, 0.29) is 0 Å². The zero-order chi connectivity index (χ0) is 9.84. The minimum Gasteiger partial charge on any atom is -0.291 e. The molecule has 1 aromatic carbocycles. The minimum absolute atomic E-state index is 0.411. The fourth-order valence-electron chi connectivity index (χ4n) is 0.952. The summed E-state index contributed by atoms with van der Waals surface area (Å²) >= 11 is 3.18. The molecule has 13 heavy (non-hydrogen) atoms. The Hall–Kier alpha value is -0.960. The van der Waals surface area contributed by atoms with E-state index >= 15 is 0 Å². The van der Waals surface area contributed by atoms with Crippen LogP contribution in [0.4, 0.5) is 0 Å². The van der Waals surface area contributed by atoms with Gasteiger partial charge in [-0.3, -0.25) is 9.59 Å². The van der Waals surface area contributed by atoms with E-state index < -0.39 is 16.4 Å². The molecule has 3 heteroatoms. The summed E-state index contributed by atoms with van der Waals surface area (Å²) in [7, 11) is 0. The van der Waals surface area contributed by atoms with Crippen molar-refractivity contribution in [3.8, 4) is 0 Å². The van der Waals surface area contributed by atoms with Crippen LogP contribution < -0.4 is 0 Å². The van der Waals surface area contributed by atoms with Crippen molar-refractivity contribution in [1.29, 1.82) is 0 Å². The zero-order valence-electron chi connectivity index (χ0n) is 7.16. The van der Waals surface area contributed by atoms with E-state index in [1.54, 1.807) is 12.1 Å². The maximum absolute atomic E-state index is 11.2. The third kappa shape index (κ3) is 2.49. The molecule has 0 amide bonds. The Labute approximate surface area is 85.1 Å². The van der Waals surface area contributed by atoms with Crippen LogP contribution in [-0.2, 0) is 9.59 Å². The van der Waals surface area contributed by atoms with E-state index in [2.05, 4.69) is 15.9 Å². The van der Waals surface area contributed by atoms with Gasteiger partial charge in [0, 0.05) is 6.92 Å². The Kier molecular flexibility index (Phi) is 3.37. The standard InChI is InChI=1S/C10H9BrO2/c1-7(12)10(13)9(11)8-5-3-2-4-6-8/h2-6,9H,1H3. The molecular formula is C10H9BrO2. The van der Waals surface area contributed by atoms with Crippen LogP contribution in [0.15, 0.2) is 30.3 Å². The Bertz CT molecular complexity index is 319. The Morgan fingerprint density at radius 3 is 2.23 bits per heavy atom. The van der Waals surface area contributed by atoms with Gasteiger partial charge >= 0.3 is 0 Å². The van der Waals surface area contributed by atoms with Crippen LogP contribution in [-0.4, -0.2) is 11.6 Å². The zero-order valence-corrected chi connectivity index (χ0v) is 8.74. The second-order valence-electron chi connectivity index (χ2n) is 2.69. The van der Waals surface area contributed by atoms with E-state index in [0.717, 1.165) is 5.56 Å². The predicted octanol–water partition coefficient (Wildman–Crippen LogP) is 2.28. The van der Waals surface area contributed by atoms with Gasteiger partial charge < -0.3 is 0 Å². The second-order valence-corrected chi connectivity index (χ2v) is 3.61. The van der Waals surface area contributed by atoms with Crippen LogP contribution in [0.1, 0.15) is 17.3 Å². The van der Waals surface area contributed by atoms with Gasteiger partial charge in [0.1, 0.15) is 4.83 Å². The lowest BCUT2D eigenvalue weighted by Crippen LogP contribution is -2.14. The molecule has 0 aliphatic rings. The maximum Gasteiger partial charge on any atom is 0.216 e. The fraction of sp³-hybridized carbons (Fsp3) is 0.200. The minimum atomic E-state index is -0.508. The highest BCUT2D eigenvalue weighted by molar-refractivity contribution is 9.09. The molecule has 0 N–H and O–H groups in total. The molecule has 0 aromatic heterocycles. The highest BCUT2D eigenvalue weighted by Crippen LogP contribution is 2.23. The van der Waals surface area contributed by atoms with Gasteiger partial charge in [-0.15, -0.1) is 0 Å². The Balaban J connectivity index is 2.86. The molecule has 1 rings (SSSR count). The van der Waals surface area contributed by atoms with Crippen LogP contribution in [0.5, 0.6) is 0 Å².